The molecule has 2 aromatic heterocycles. The van der Waals surface area contributed by atoms with Crippen LogP contribution >= 0.6 is 0 Å². The summed E-state index contributed by atoms with van der Waals surface area (Å²) in [6, 6.07) is 4.92. The fourth-order valence-corrected chi connectivity index (χ4v) is 2.26. The Bertz CT molecular complexity index is 1010. The van der Waals surface area contributed by atoms with Gasteiger partial charge in [0.1, 0.15) is 11.6 Å². The molecule has 2 heterocycles. The molecule has 3 rings (SSSR count). The minimum atomic E-state index is -4.52. The van der Waals surface area contributed by atoms with Crippen molar-refractivity contribution in [2.24, 2.45) is 0 Å². The van der Waals surface area contributed by atoms with E-state index in [1.165, 1.54) is 24.5 Å². The van der Waals surface area contributed by atoms with Gasteiger partial charge in [-0.25, -0.2) is 23.4 Å². The van der Waals surface area contributed by atoms with Gasteiger partial charge in [0.25, 0.3) is 5.56 Å². The van der Waals surface area contributed by atoms with Crippen molar-refractivity contribution < 1.29 is 26.7 Å². The van der Waals surface area contributed by atoms with Crippen LogP contribution in [0.2, 0.25) is 0 Å². The first-order chi connectivity index (χ1) is 13.2. The molecule has 3 aromatic rings. The molecule has 1 aromatic carbocycles. The number of alkyl halides is 3. The van der Waals surface area contributed by atoms with Crippen molar-refractivity contribution in [3.05, 3.63) is 70.3 Å². The average Bonchev–Trinajstić information content (AvgIpc) is 2.61. The van der Waals surface area contributed by atoms with Gasteiger partial charge in [-0.2, -0.15) is 18.3 Å². The highest BCUT2D eigenvalue weighted by atomic mass is 19.4. The SMILES string of the molecule is O=c1ccc(-c2cnc(OCC(F)(F)F)nc2)nn1Cc1cc(F)cc(F)c1. The van der Waals surface area contributed by atoms with E-state index in [0.29, 0.717) is 11.6 Å². The van der Waals surface area contributed by atoms with Crippen molar-refractivity contribution in [2.75, 3.05) is 6.61 Å². The largest absolute Gasteiger partial charge is 0.454 e. The summed E-state index contributed by atoms with van der Waals surface area (Å²) in [4.78, 5) is 19.3. The van der Waals surface area contributed by atoms with Gasteiger partial charge in [-0.15, -0.1) is 0 Å². The fourth-order valence-electron chi connectivity index (χ4n) is 2.26. The molecule has 0 aliphatic carbocycles. The zero-order chi connectivity index (χ0) is 20.3. The molecule has 0 aliphatic heterocycles. The van der Waals surface area contributed by atoms with E-state index >= 15 is 0 Å². The minimum Gasteiger partial charge on any atom is -0.454 e. The lowest BCUT2D eigenvalue weighted by Crippen LogP contribution is -2.23. The molecule has 0 unspecified atom stereocenters. The highest BCUT2D eigenvalue weighted by Gasteiger charge is 2.28. The Morgan fingerprint density at radius 3 is 2.25 bits per heavy atom. The average molecular weight is 398 g/mol. The van der Waals surface area contributed by atoms with Gasteiger partial charge in [0.2, 0.25) is 0 Å². The van der Waals surface area contributed by atoms with Crippen LogP contribution in [0.15, 0.2) is 47.5 Å². The van der Waals surface area contributed by atoms with Crippen LogP contribution in [0, 0.1) is 11.6 Å². The Morgan fingerprint density at radius 1 is 1.00 bits per heavy atom. The lowest BCUT2D eigenvalue weighted by molar-refractivity contribution is -0.154. The first-order valence-corrected chi connectivity index (χ1v) is 7.75. The Hall–Kier alpha value is -3.37. The fraction of sp³-hybridized carbons (Fsp3) is 0.176. The summed E-state index contributed by atoms with van der Waals surface area (Å²) in [5.41, 5.74) is 0.216. The molecule has 0 aliphatic rings. The van der Waals surface area contributed by atoms with Crippen LogP contribution < -0.4 is 10.3 Å². The van der Waals surface area contributed by atoms with Gasteiger partial charge in [0.15, 0.2) is 6.61 Å². The minimum absolute atomic E-state index is 0.186. The second kappa shape index (κ2) is 7.71. The molecule has 146 valence electrons. The van der Waals surface area contributed by atoms with E-state index in [0.717, 1.165) is 16.8 Å². The first-order valence-electron chi connectivity index (χ1n) is 7.75. The molecule has 11 heteroatoms. The van der Waals surface area contributed by atoms with Crippen LogP contribution in [0.1, 0.15) is 5.56 Å². The molecular weight excluding hydrogens is 387 g/mol. The van der Waals surface area contributed by atoms with E-state index in [4.69, 9.17) is 0 Å². The summed E-state index contributed by atoms with van der Waals surface area (Å²) in [7, 11) is 0. The number of aromatic nitrogens is 4. The van der Waals surface area contributed by atoms with Crippen LogP contribution in [0.5, 0.6) is 6.01 Å². The van der Waals surface area contributed by atoms with Gasteiger partial charge < -0.3 is 4.74 Å². The number of ether oxygens (including phenoxy) is 1. The number of benzene rings is 1. The quantitative estimate of drug-likeness (QED) is 0.618. The first kappa shape index (κ1) is 19.4. The smallest absolute Gasteiger partial charge is 0.422 e. The van der Waals surface area contributed by atoms with Crippen molar-refractivity contribution in [3.63, 3.8) is 0 Å². The number of nitrogens with zero attached hydrogens (tertiary/aromatic N) is 4. The number of hydrogen-bond acceptors (Lipinski definition) is 5. The molecule has 0 bridgehead atoms. The van der Waals surface area contributed by atoms with E-state index in [9.17, 15) is 26.7 Å². The zero-order valence-electron chi connectivity index (χ0n) is 14.0. The molecular formula is C17H11F5N4O2. The van der Waals surface area contributed by atoms with Gasteiger partial charge >= 0.3 is 12.2 Å². The van der Waals surface area contributed by atoms with Crippen LogP contribution in [0.4, 0.5) is 22.0 Å². The third-order valence-corrected chi connectivity index (χ3v) is 3.41. The number of rotatable bonds is 5. The van der Waals surface area contributed by atoms with Crippen molar-refractivity contribution in [1.82, 2.24) is 19.7 Å². The number of halogens is 5. The zero-order valence-corrected chi connectivity index (χ0v) is 14.0. The van der Waals surface area contributed by atoms with Gasteiger partial charge in [-0.3, -0.25) is 4.79 Å². The summed E-state index contributed by atoms with van der Waals surface area (Å²) in [5, 5.41) is 4.07. The predicted octanol–water partition coefficient (Wildman–Crippen LogP) is 2.97. The second-order valence-electron chi connectivity index (χ2n) is 5.65. The predicted molar refractivity (Wildman–Crippen MR) is 86.5 cm³/mol. The Balaban J connectivity index is 1.82. The van der Waals surface area contributed by atoms with Gasteiger partial charge in [-0.1, -0.05) is 0 Å². The summed E-state index contributed by atoms with van der Waals surface area (Å²) >= 11 is 0. The van der Waals surface area contributed by atoms with E-state index in [-0.39, 0.29) is 17.8 Å². The van der Waals surface area contributed by atoms with Crippen LogP contribution in [0.25, 0.3) is 11.3 Å². The maximum Gasteiger partial charge on any atom is 0.422 e. The van der Waals surface area contributed by atoms with E-state index in [1.807, 2.05) is 0 Å². The van der Waals surface area contributed by atoms with Crippen LogP contribution in [0.3, 0.4) is 0 Å². The van der Waals surface area contributed by atoms with Crippen molar-refractivity contribution in [3.8, 4) is 17.3 Å². The van der Waals surface area contributed by atoms with Crippen molar-refractivity contribution in [1.29, 1.82) is 0 Å². The highest BCUT2D eigenvalue weighted by molar-refractivity contribution is 5.55. The Morgan fingerprint density at radius 2 is 1.64 bits per heavy atom. The second-order valence-corrected chi connectivity index (χ2v) is 5.65. The van der Waals surface area contributed by atoms with Gasteiger partial charge in [-0.05, 0) is 23.8 Å². The monoisotopic (exact) mass is 398 g/mol. The molecule has 0 spiro atoms. The molecule has 6 nitrogen and oxygen atoms in total. The molecule has 0 amide bonds. The molecule has 28 heavy (non-hydrogen) atoms. The summed E-state index contributed by atoms with van der Waals surface area (Å²) < 4.78 is 68.4. The molecule has 0 saturated heterocycles. The van der Waals surface area contributed by atoms with Crippen molar-refractivity contribution in [2.45, 2.75) is 12.7 Å². The lowest BCUT2D eigenvalue weighted by atomic mass is 10.2. The highest BCUT2D eigenvalue weighted by Crippen LogP contribution is 2.18. The maximum absolute atomic E-state index is 13.3. The standard InChI is InChI=1S/C17H11F5N4O2/c18-12-3-10(4-13(19)5-12)8-26-15(27)2-1-14(25-26)11-6-23-16(24-7-11)28-9-17(20,21)22/h1-7H,8-9H2. The van der Waals surface area contributed by atoms with E-state index < -0.39 is 36.0 Å². The summed E-state index contributed by atoms with van der Waals surface area (Å²) in [5.74, 6) is -1.58. The van der Waals surface area contributed by atoms with Crippen molar-refractivity contribution >= 4 is 0 Å². The third-order valence-electron chi connectivity index (χ3n) is 3.41. The molecule has 0 atom stereocenters. The molecule has 0 fully saturated rings. The Labute approximate surface area is 154 Å². The lowest BCUT2D eigenvalue weighted by Gasteiger charge is -2.09. The summed E-state index contributed by atoms with van der Waals surface area (Å²) in [6.45, 7) is -1.71. The normalized spacial score (nSPS) is 11.5. The van der Waals surface area contributed by atoms with Gasteiger partial charge in [0, 0.05) is 30.1 Å². The molecule has 0 N–H and O–H groups in total. The van der Waals surface area contributed by atoms with Crippen LogP contribution in [-0.4, -0.2) is 32.5 Å². The number of hydrogen-bond donors (Lipinski definition) is 0. The summed E-state index contributed by atoms with van der Waals surface area (Å²) in [6.07, 6.45) is -2.16. The van der Waals surface area contributed by atoms with Crippen LogP contribution in [-0.2, 0) is 6.54 Å². The topological polar surface area (TPSA) is 69.9 Å². The van der Waals surface area contributed by atoms with E-state index in [1.54, 1.807) is 0 Å². The maximum atomic E-state index is 13.3. The van der Waals surface area contributed by atoms with E-state index in [2.05, 4.69) is 19.8 Å². The third kappa shape index (κ3) is 5.09. The Kier molecular flexibility index (Phi) is 5.34. The molecule has 0 radical (unpaired) electrons. The molecule has 0 saturated carbocycles. The van der Waals surface area contributed by atoms with Gasteiger partial charge in [0.05, 0.1) is 12.2 Å².